The van der Waals surface area contributed by atoms with E-state index in [9.17, 15) is 26.4 Å². The quantitative estimate of drug-likeness (QED) is 0.565. The molecule has 1 N–H and O–H groups in total. The molecule has 130 valence electrons. The molecule has 10 heteroatoms. The van der Waals surface area contributed by atoms with Crippen molar-refractivity contribution in [3.05, 3.63) is 29.8 Å². The first kappa shape index (κ1) is 19.4. The summed E-state index contributed by atoms with van der Waals surface area (Å²) >= 11 is 0. The molecule has 0 saturated carbocycles. The van der Waals surface area contributed by atoms with Gasteiger partial charge in [-0.15, -0.1) is 0 Å². The smallest absolute Gasteiger partial charge is 0.416 e. The van der Waals surface area contributed by atoms with Crippen LogP contribution in [0.5, 0.6) is 0 Å². The normalized spacial score (nSPS) is 12.2. The van der Waals surface area contributed by atoms with Gasteiger partial charge in [0.2, 0.25) is 10.0 Å². The highest BCUT2D eigenvalue weighted by Crippen LogP contribution is 2.30. The zero-order chi connectivity index (χ0) is 17.5. The summed E-state index contributed by atoms with van der Waals surface area (Å²) in [6.07, 6.45) is -4.89. The third-order valence-electron chi connectivity index (χ3n) is 2.64. The van der Waals surface area contributed by atoms with Crippen molar-refractivity contribution in [1.82, 2.24) is 4.72 Å². The van der Waals surface area contributed by atoms with Gasteiger partial charge in [0.15, 0.2) is 0 Å². The van der Waals surface area contributed by atoms with Crippen molar-refractivity contribution in [2.45, 2.75) is 17.5 Å². The minimum atomic E-state index is -4.64. The number of hydrogen-bond acceptors (Lipinski definition) is 5. The van der Waals surface area contributed by atoms with Gasteiger partial charge >= 0.3 is 12.1 Å². The fourth-order valence-corrected chi connectivity index (χ4v) is 2.60. The van der Waals surface area contributed by atoms with Crippen molar-refractivity contribution in [3.63, 3.8) is 0 Å². The molecule has 0 bridgehead atoms. The molecule has 0 amide bonds. The Balaban J connectivity index is 2.61. The number of rotatable bonds is 8. The van der Waals surface area contributed by atoms with Gasteiger partial charge in [-0.05, 0) is 18.2 Å². The molecule has 0 radical (unpaired) electrons. The third kappa shape index (κ3) is 6.55. The van der Waals surface area contributed by atoms with E-state index < -0.39 is 32.6 Å². The molecular formula is C13H16F3NO5S. The Morgan fingerprint density at radius 1 is 1.26 bits per heavy atom. The van der Waals surface area contributed by atoms with Crippen LogP contribution in [-0.4, -0.2) is 41.3 Å². The highest BCUT2D eigenvalue weighted by Gasteiger charge is 2.31. The number of alkyl halides is 3. The number of esters is 1. The molecule has 0 aliphatic rings. The van der Waals surface area contributed by atoms with E-state index in [1.54, 1.807) is 0 Å². The van der Waals surface area contributed by atoms with Crippen LogP contribution in [0.25, 0.3) is 0 Å². The molecule has 0 aliphatic heterocycles. The van der Waals surface area contributed by atoms with Gasteiger partial charge in [-0.1, -0.05) is 6.07 Å². The van der Waals surface area contributed by atoms with E-state index in [-0.39, 0.29) is 26.2 Å². The topological polar surface area (TPSA) is 81.7 Å². The molecule has 1 aromatic rings. The highest BCUT2D eigenvalue weighted by atomic mass is 32.2. The summed E-state index contributed by atoms with van der Waals surface area (Å²) in [5, 5.41) is 0. The van der Waals surface area contributed by atoms with Crippen molar-refractivity contribution >= 4 is 16.0 Å². The molecule has 1 rings (SSSR count). The minimum Gasteiger partial charge on any atom is -0.463 e. The van der Waals surface area contributed by atoms with Crippen molar-refractivity contribution in [1.29, 1.82) is 0 Å². The number of carbonyl (C=O) groups excluding carboxylic acids is 1. The van der Waals surface area contributed by atoms with Gasteiger partial charge in [-0.2, -0.15) is 13.2 Å². The van der Waals surface area contributed by atoms with E-state index in [1.807, 2.05) is 4.72 Å². The van der Waals surface area contributed by atoms with Gasteiger partial charge in [0.1, 0.15) is 6.61 Å². The second-order valence-electron chi connectivity index (χ2n) is 4.39. The summed E-state index contributed by atoms with van der Waals surface area (Å²) in [7, 11) is -2.72. The molecule has 1 aromatic carbocycles. The zero-order valence-corrected chi connectivity index (χ0v) is 13.0. The predicted octanol–water partition coefficient (Wildman–Crippen LogP) is 1.56. The Labute approximate surface area is 131 Å². The number of halogens is 3. The Hall–Kier alpha value is -1.65. The lowest BCUT2D eigenvalue weighted by Crippen LogP contribution is -2.27. The number of hydrogen-bond donors (Lipinski definition) is 1. The molecule has 23 heavy (non-hydrogen) atoms. The van der Waals surface area contributed by atoms with Crippen LogP contribution in [0.4, 0.5) is 13.2 Å². The van der Waals surface area contributed by atoms with Crippen LogP contribution in [0.1, 0.15) is 12.0 Å². The monoisotopic (exact) mass is 355 g/mol. The van der Waals surface area contributed by atoms with Crippen LogP contribution in [0.2, 0.25) is 0 Å². The Bertz CT molecular complexity index is 631. The van der Waals surface area contributed by atoms with Gasteiger partial charge in [0.05, 0.1) is 23.5 Å². The lowest BCUT2D eigenvalue weighted by Gasteiger charge is -2.10. The van der Waals surface area contributed by atoms with Crippen LogP contribution in [0.15, 0.2) is 29.2 Å². The molecule has 6 nitrogen and oxygen atoms in total. The number of nitrogens with one attached hydrogen (secondary N) is 1. The number of benzene rings is 1. The third-order valence-corrected chi connectivity index (χ3v) is 4.10. The lowest BCUT2D eigenvalue weighted by molar-refractivity contribution is -0.144. The maximum Gasteiger partial charge on any atom is 0.416 e. The van der Waals surface area contributed by atoms with Gasteiger partial charge in [0, 0.05) is 13.7 Å². The van der Waals surface area contributed by atoms with E-state index in [2.05, 4.69) is 4.74 Å². The summed E-state index contributed by atoms with van der Waals surface area (Å²) in [5.74, 6) is -0.645. The Kier molecular flexibility index (Phi) is 6.98. The lowest BCUT2D eigenvalue weighted by atomic mass is 10.2. The maximum atomic E-state index is 12.6. The number of methoxy groups -OCH3 is 1. The van der Waals surface area contributed by atoms with Crippen molar-refractivity contribution < 1.29 is 35.9 Å². The fraction of sp³-hybridized carbons (Fsp3) is 0.462. The average Bonchev–Trinajstić information content (AvgIpc) is 2.46. The molecular weight excluding hydrogens is 339 g/mol. The molecule has 0 heterocycles. The van der Waals surface area contributed by atoms with Crippen molar-refractivity contribution in [2.24, 2.45) is 0 Å². The van der Waals surface area contributed by atoms with Crippen LogP contribution in [-0.2, 0) is 30.5 Å². The van der Waals surface area contributed by atoms with E-state index >= 15 is 0 Å². The zero-order valence-electron chi connectivity index (χ0n) is 12.2. The summed E-state index contributed by atoms with van der Waals surface area (Å²) in [6.45, 7) is -0.0399. The molecule has 0 atom stereocenters. The molecule has 0 unspecified atom stereocenters. The van der Waals surface area contributed by atoms with Crippen LogP contribution >= 0.6 is 0 Å². The second kappa shape index (κ2) is 8.27. The minimum absolute atomic E-state index is 0.0374. The largest absolute Gasteiger partial charge is 0.463 e. The first-order valence-corrected chi connectivity index (χ1v) is 7.96. The first-order valence-electron chi connectivity index (χ1n) is 6.48. The summed E-state index contributed by atoms with van der Waals surface area (Å²) in [4.78, 5) is 10.7. The predicted molar refractivity (Wildman–Crippen MR) is 74.1 cm³/mol. The van der Waals surface area contributed by atoms with Crippen LogP contribution in [0.3, 0.4) is 0 Å². The number of ether oxygens (including phenoxy) is 2. The van der Waals surface area contributed by atoms with Gasteiger partial charge in [-0.25, -0.2) is 13.1 Å². The molecule has 0 fully saturated rings. The van der Waals surface area contributed by atoms with Crippen molar-refractivity contribution in [2.75, 3.05) is 26.9 Å². The second-order valence-corrected chi connectivity index (χ2v) is 6.15. The molecule has 0 aromatic heterocycles. The summed E-state index contributed by atoms with van der Waals surface area (Å²) in [6, 6.07) is 3.33. The summed E-state index contributed by atoms with van der Waals surface area (Å²) < 4.78 is 73.0. The molecule has 0 spiro atoms. The van der Waals surface area contributed by atoms with E-state index in [1.165, 1.54) is 7.11 Å². The van der Waals surface area contributed by atoms with Gasteiger partial charge < -0.3 is 9.47 Å². The van der Waals surface area contributed by atoms with Crippen LogP contribution < -0.4 is 4.72 Å². The first-order chi connectivity index (χ1) is 10.7. The Morgan fingerprint density at radius 3 is 2.57 bits per heavy atom. The SMILES string of the molecule is COCCOC(=O)CCNS(=O)(=O)c1cccc(C(F)(F)F)c1. The van der Waals surface area contributed by atoms with Crippen molar-refractivity contribution in [3.8, 4) is 0 Å². The van der Waals surface area contributed by atoms with Crippen LogP contribution in [0, 0.1) is 0 Å². The fourth-order valence-electron chi connectivity index (χ4n) is 1.52. The number of sulfonamides is 1. The maximum absolute atomic E-state index is 12.6. The Morgan fingerprint density at radius 2 is 1.96 bits per heavy atom. The van der Waals surface area contributed by atoms with E-state index in [0.717, 1.165) is 18.2 Å². The van der Waals surface area contributed by atoms with E-state index in [4.69, 9.17) is 4.74 Å². The standard InChI is InChI=1S/C13H16F3NO5S/c1-21-7-8-22-12(18)5-6-17-23(19,20)11-4-2-3-10(9-11)13(14,15)16/h2-4,9,17H,5-8H2,1H3. The average molecular weight is 355 g/mol. The number of carbonyl (C=O) groups is 1. The summed E-state index contributed by atoms with van der Waals surface area (Å²) in [5.41, 5.74) is -1.07. The molecule has 0 aliphatic carbocycles. The van der Waals surface area contributed by atoms with Gasteiger partial charge in [0.25, 0.3) is 0 Å². The van der Waals surface area contributed by atoms with E-state index in [0.29, 0.717) is 6.07 Å². The van der Waals surface area contributed by atoms with Gasteiger partial charge in [-0.3, -0.25) is 4.79 Å². The highest BCUT2D eigenvalue weighted by molar-refractivity contribution is 7.89. The molecule has 0 saturated heterocycles.